The number of fused-ring (bicyclic) bond motifs is 1. The number of Topliss-reactive ketones (excluding diaryl/α,β-unsaturated/α-hetero) is 1. The number of aromatic nitrogens is 2. The molecule has 5 heteroatoms. The van der Waals surface area contributed by atoms with E-state index in [0.29, 0.717) is 11.3 Å². The van der Waals surface area contributed by atoms with Crippen molar-refractivity contribution in [1.82, 2.24) is 8.96 Å². The second kappa shape index (κ2) is 5.26. The van der Waals surface area contributed by atoms with Crippen LogP contribution in [0.15, 0.2) is 47.6 Å². The number of carbonyl (C=O) groups excluding carboxylic acids is 1. The maximum atomic E-state index is 11.5. The van der Waals surface area contributed by atoms with Gasteiger partial charge in [-0.2, -0.15) is 0 Å². The number of nitrogens with zero attached hydrogens (tertiary/aromatic N) is 2. The number of hydrogen-bond donors (Lipinski definition) is 1. The van der Waals surface area contributed by atoms with Gasteiger partial charge in [-0.25, -0.2) is 4.98 Å². The Balaban J connectivity index is 2.02. The SMILES string of the molecule is CC(=O)c1ccc(N)c(Sn2cnc3cc(C)ccc32)c1. The summed E-state index contributed by atoms with van der Waals surface area (Å²) in [6, 6.07) is 11.5. The first-order chi connectivity index (χ1) is 10.0. The number of benzene rings is 2. The molecule has 0 fully saturated rings. The highest BCUT2D eigenvalue weighted by atomic mass is 32.2. The molecule has 0 bridgehead atoms. The van der Waals surface area contributed by atoms with Crippen LogP contribution in [0.5, 0.6) is 0 Å². The maximum Gasteiger partial charge on any atom is 0.159 e. The van der Waals surface area contributed by atoms with Gasteiger partial charge in [0.1, 0.15) is 6.33 Å². The third-order valence-electron chi connectivity index (χ3n) is 3.29. The number of ketones is 1. The lowest BCUT2D eigenvalue weighted by Gasteiger charge is -2.08. The van der Waals surface area contributed by atoms with Crippen LogP contribution in [0.25, 0.3) is 11.0 Å². The van der Waals surface area contributed by atoms with Crippen molar-refractivity contribution in [3.8, 4) is 0 Å². The number of aryl methyl sites for hydroxylation is 1. The topological polar surface area (TPSA) is 60.9 Å². The van der Waals surface area contributed by atoms with Gasteiger partial charge in [0.15, 0.2) is 5.78 Å². The van der Waals surface area contributed by atoms with Crippen LogP contribution in [-0.4, -0.2) is 14.7 Å². The second-order valence-electron chi connectivity index (χ2n) is 4.96. The summed E-state index contributed by atoms with van der Waals surface area (Å²) in [4.78, 5) is 16.7. The minimum atomic E-state index is 0.0305. The van der Waals surface area contributed by atoms with Crippen LogP contribution >= 0.6 is 11.9 Å². The summed E-state index contributed by atoms with van der Waals surface area (Å²) >= 11 is 1.46. The molecule has 0 aliphatic rings. The van der Waals surface area contributed by atoms with Gasteiger partial charge in [0.05, 0.1) is 15.9 Å². The maximum absolute atomic E-state index is 11.5. The molecule has 21 heavy (non-hydrogen) atoms. The molecule has 0 aliphatic carbocycles. The summed E-state index contributed by atoms with van der Waals surface area (Å²) < 4.78 is 1.96. The van der Waals surface area contributed by atoms with Gasteiger partial charge in [-0.1, -0.05) is 6.07 Å². The van der Waals surface area contributed by atoms with Gasteiger partial charge in [0.25, 0.3) is 0 Å². The van der Waals surface area contributed by atoms with Crippen molar-refractivity contribution < 1.29 is 4.79 Å². The summed E-state index contributed by atoms with van der Waals surface area (Å²) in [5.74, 6) is 0.0305. The molecule has 1 aromatic heterocycles. The van der Waals surface area contributed by atoms with Crippen LogP contribution in [-0.2, 0) is 0 Å². The fourth-order valence-corrected chi connectivity index (χ4v) is 3.02. The lowest BCUT2D eigenvalue weighted by atomic mass is 10.1. The molecule has 0 saturated carbocycles. The Labute approximate surface area is 127 Å². The Morgan fingerprint density at radius 3 is 2.81 bits per heavy atom. The summed E-state index contributed by atoms with van der Waals surface area (Å²) in [6.07, 6.45) is 1.77. The van der Waals surface area contributed by atoms with Crippen molar-refractivity contribution in [2.75, 3.05) is 5.73 Å². The molecule has 0 radical (unpaired) electrons. The van der Waals surface area contributed by atoms with Crippen molar-refractivity contribution in [3.05, 3.63) is 53.9 Å². The number of imidazole rings is 1. The summed E-state index contributed by atoms with van der Waals surface area (Å²) in [5, 5.41) is 0. The third-order valence-corrected chi connectivity index (χ3v) is 4.32. The first-order valence-corrected chi connectivity index (χ1v) is 7.34. The van der Waals surface area contributed by atoms with Crippen molar-refractivity contribution in [2.45, 2.75) is 18.7 Å². The smallest absolute Gasteiger partial charge is 0.159 e. The van der Waals surface area contributed by atoms with E-state index in [1.807, 2.05) is 29.1 Å². The molecule has 0 aliphatic heterocycles. The highest BCUT2D eigenvalue weighted by Gasteiger charge is 2.09. The van der Waals surface area contributed by atoms with Crippen LogP contribution in [0, 0.1) is 6.92 Å². The molecule has 3 aromatic rings. The molecule has 0 spiro atoms. The zero-order chi connectivity index (χ0) is 15.0. The average molecular weight is 297 g/mol. The van der Waals surface area contributed by atoms with E-state index in [1.54, 1.807) is 25.4 Å². The first kappa shape index (κ1) is 13.7. The van der Waals surface area contributed by atoms with Gasteiger partial charge in [-0.3, -0.25) is 8.77 Å². The first-order valence-electron chi connectivity index (χ1n) is 6.57. The van der Waals surface area contributed by atoms with Gasteiger partial charge < -0.3 is 5.73 Å². The minimum Gasteiger partial charge on any atom is -0.398 e. The number of rotatable bonds is 3. The Kier molecular flexibility index (Phi) is 3.43. The Morgan fingerprint density at radius 2 is 2.05 bits per heavy atom. The zero-order valence-electron chi connectivity index (χ0n) is 11.8. The second-order valence-corrected chi connectivity index (χ2v) is 5.98. The molecule has 3 rings (SSSR count). The number of carbonyl (C=O) groups is 1. The van der Waals surface area contributed by atoms with E-state index in [1.165, 1.54) is 17.5 Å². The molecule has 4 nitrogen and oxygen atoms in total. The van der Waals surface area contributed by atoms with Crippen molar-refractivity contribution in [3.63, 3.8) is 0 Å². The van der Waals surface area contributed by atoms with E-state index >= 15 is 0 Å². The van der Waals surface area contributed by atoms with Gasteiger partial charge >= 0.3 is 0 Å². The molecule has 1 heterocycles. The Bertz CT molecular complexity index is 839. The number of anilines is 1. The molecule has 2 aromatic carbocycles. The summed E-state index contributed by atoms with van der Waals surface area (Å²) in [7, 11) is 0. The molecule has 106 valence electrons. The molecule has 0 atom stereocenters. The van der Waals surface area contributed by atoms with Crippen LogP contribution < -0.4 is 5.73 Å². The van der Waals surface area contributed by atoms with Crippen LogP contribution in [0.2, 0.25) is 0 Å². The quantitative estimate of drug-likeness (QED) is 0.591. The monoisotopic (exact) mass is 297 g/mol. The lowest BCUT2D eigenvalue weighted by molar-refractivity contribution is 0.101. The van der Waals surface area contributed by atoms with Crippen LogP contribution in [0.4, 0.5) is 5.69 Å². The predicted octanol–water partition coefficient (Wildman–Crippen LogP) is 3.68. The van der Waals surface area contributed by atoms with Crippen molar-refractivity contribution in [2.24, 2.45) is 0 Å². The molecule has 0 amide bonds. The molecular formula is C16H15N3OS. The summed E-state index contributed by atoms with van der Waals surface area (Å²) in [5.41, 5.74) is 10.5. The predicted molar refractivity (Wildman–Crippen MR) is 86.6 cm³/mol. The number of nitrogens with two attached hydrogens (primary N) is 1. The van der Waals surface area contributed by atoms with Gasteiger partial charge in [0, 0.05) is 11.3 Å². The molecule has 0 unspecified atom stereocenters. The van der Waals surface area contributed by atoms with Gasteiger partial charge in [-0.15, -0.1) is 0 Å². The highest BCUT2D eigenvalue weighted by molar-refractivity contribution is 7.98. The zero-order valence-corrected chi connectivity index (χ0v) is 12.6. The van der Waals surface area contributed by atoms with E-state index in [0.717, 1.165) is 15.9 Å². The average Bonchev–Trinajstić information content (AvgIpc) is 2.83. The van der Waals surface area contributed by atoms with Crippen molar-refractivity contribution in [1.29, 1.82) is 0 Å². The summed E-state index contributed by atoms with van der Waals surface area (Å²) in [6.45, 7) is 3.59. The third kappa shape index (κ3) is 2.64. The molecule has 2 N–H and O–H groups in total. The van der Waals surface area contributed by atoms with Gasteiger partial charge in [-0.05, 0) is 61.7 Å². The number of hydrogen-bond acceptors (Lipinski definition) is 4. The number of nitrogen functional groups attached to an aromatic ring is 1. The highest BCUT2D eigenvalue weighted by Crippen LogP contribution is 2.30. The van der Waals surface area contributed by atoms with Gasteiger partial charge in [0.2, 0.25) is 0 Å². The molecular weight excluding hydrogens is 282 g/mol. The normalized spacial score (nSPS) is 11.0. The van der Waals surface area contributed by atoms with E-state index in [9.17, 15) is 4.79 Å². The fraction of sp³-hybridized carbons (Fsp3) is 0.125. The largest absolute Gasteiger partial charge is 0.398 e. The Morgan fingerprint density at radius 1 is 1.24 bits per heavy atom. The lowest BCUT2D eigenvalue weighted by Crippen LogP contribution is -1.97. The van der Waals surface area contributed by atoms with E-state index in [-0.39, 0.29) is 5.78 Å². The fourth-order valence-electron chi connectivity index (χ4n) is 2.11. The molecule has 0 saturated heterocycles. The standard InChI is InChI=1S/C16H15N3OS/c1-10-3-6-15-14(7-10)18-9-19(15)21-16-8-12(11(2)20)4-5-13(16)17/h3-9H,17H2,1-2H3. The van der Waals surface area contributed by atoms with Crippen LogP contribution in [0.1, 0.15) is 22.8 Å². The van der Waals surface area contributed by atoms with E-state index in [2.05, 4.69) is 11.1 Å². The van der Waals surface area contributed by atoms with E-state index < -0.39 is 0 Å². The van der Waals surface area contributed by atoms with E-state index in [4.69, 9.17) is 5.73 Å². The van der Waals surface area contributed by atoms with Crippen LogP contribution in [0.3, 0.4) is 0 Å². The van der Waals surface area contributed by atoms with Crippen molar-refractivity contribution >= 4 is 34.5 Å². The minimum absolute atomic E-state index is 0.0305. The Hall–Kier alpha value is -2.27.